The lowest BCUT2D eigenvalue weighted by molar-refractivity contribution is 0.155. The normalized spacial score (nSPS) is 11.1. The van der Waals surface area contributed by atoms with Crippen molar-refractivity contribution in [3.63, 3.8) is 0 Å². The van der Waals surface area contributed by atoms with Gasteiger partial charge in [0.25, 0.3) is 0 Å². The molecule has 0 saturated carbocycles. The van der Waals surface area contributed by atoms with Crippen molar-refractivity contribution < 1.29 is 9.53 Å². The molecule has 1 aromatic carbocycles. The number of benzene rings is 1. The Morgan fingerprint density at radius 3 is 2.84 bits per heavy atom. The number of ether oxygens (including phenoxy) is 1. The summed E-state index contributed by atoms with van der Waals surface area (Å²) < 4.78 is 6.55. The van der Waals surface area contributed by atoms with Gasteiger partial charge in [0.15, 0.2) is 0 Å². The Labute approximate surface area is 112 Å². The van der Waals surface area contributed by atoms with Crippen molar-refractivity contribution in [2.24, 2.45) is 5.10 Å². The third kappa shape index (κ3) is 2.76. The number of para-hydroxylation sites is 1. The molecular formula is C14H17N3O2. The minimum atomic E-state index is -0.372. The lowest BCUT2D eigenvalue weighted by Crippen LogP contribution is -2.12. The van der Waals surface area contributed by atoms with Crippen LogP contribution in [0.2, 0.25) is 0 Å². The lowest BCUT2D eigenvalue weighted by Gasteiger charge is -2.03. The van der Waals surface area contributed by atoms with Gasteiger partial charge in [-0.2, -0.15) is 5.10 Å². The maximum absolute atomic E-state index is 11.9. The van der Waals surface area contributed by atoms with E-state index in [9.17, 15) is 4.79 Å². The summed E-state index contributed by atoms with van der Waals surface area (Å²) in [5.74, 6) is 0. The molecule has 0 spiro atoms. The van der Waals surface area contributed by atoms with E-state index in [2.05, 4.69) is 5.10 Å². The lowest BCUT2D eigenvalue weighted by atomic mass is 10.2. The summed E-state index contributed by atoms with van der Waals surface area (Å²) in [5, 5.41) is 6.88. The van der Waals surface area contributed by atoms with Crippen LogP contribution in [-0.4, -0.2) is 42.6 Å². The Kier molecular flexibility index (Phi) is 3.85. The van der Waals surface area contributed by atoms with E-state index in [4.69, 9.17) is 4.74 Å². The first-order valence-electron chi connectivity index (χ1n) is 6.12. The van der Waals surface area contributed by atoms with Crippen molar-refractivity contribution >= 4 is 23.2 Å². The number of hydrazone groups is 1. The molecule has 0 N–H and O–H groups in total. The Morgan fingerprint density at radius 1 is 1.42 bits per heavy atom. The molecule has 0 saturated heterocycles. The van der Waals surface area contributed by atoms with Gasteiger partial charge in [0, 0.05) is 31.2 Å². The average molecular weight is 259 g/mol. The Morgan fingerprint density at radius 2 is 2.16 bits per heavy atom. The van der Waals surface area contributed by atoms with E-state index in [1.54, 1.807) is 24.3 Å². The minimum Gasteiger partial charge on any atom is -0.449 e. The number of rotatable bonds is 3. The summed E-state index contributed by atoms with van der Waals surface area (Å²) in [6.07, 6.45) is 3.11. The molecule has 2 rings (SSSR count). The molecule has 0 aliphatic carbocycles. The van der Waals surface area contributed by atoms with Crippen molar-refractivity contribution in [3.8, 4) is 0 Å². The van der Waals surface area contributed by atoms with Crippen molar-refractivity contribution in [1.29, 1.82) is 0 Å². The predicted octanol–water partition coefficient (Wildman–Crippen LogP) is 2.54. The van der Waals surface area contributed by atoms with E-state index in [1.807, 2.05) is 38.4 Å². The molecule has 5 heteroatoms. The van der Waals surface area contributed by atoms with Crippen LogP contribution in [0.3, 0.4) is 0 Å². The van der Waals surface area contributed by atoms with E-state index in [1.165, 1.54) is 4.57 Å². The zero-order valence-electron chi connectivity index (χ0n) is 11.3. The zero-order chi connectivity index (χ0) is 13.8. The highest BCUT2D eigenvalue weighted by atomic mass is 16.5. The number of nitrogens with zero attached hydrogens (tertiary/aromatic N) is 3. The Balaban J connectivity index is 2.51. The summed E-state index contributed by atoms with van der Waals surface area (Å²) in [4.78, 5) is 11.9. The largest absolute Gasteiger partial charge is 0.449 e. The molecular weight excluding hydrogens is 242 g/mol. The maximum Gasteiger partial charge on any atom is 0.418 e. The molecule has 0 atom stereocenters. The predicted molar refractivity (Wildman–Crippen MR) is 75.6 cm³/mol. The van der Waals surface area contributed by atoms with Crippen LogP contribution in [0.15, 0.2) is 35.6 Å². The van der Waals surface area contributed by atoms with Crippen LogP contribution in [-0.2, 0) is 4.74 Å². The van der Waals surface area contributed by atoms with Crippen LogP contribution in [0.5, 0.6) is 0 Å². The first kappa shape index (κ1) is 13.1. The van der Waals surface area contributed by atoms with Crippen molar-refractivity contribution in [2.45, 2.75) is 6.92 Å². The topological polar surface area (TPSA) is 46.8 Å². The van der Waals surface area contributed by atoms with Crippen LogP contribution >= 0.6 is 0 Å². The van der Waals surface area contributed by atoms with Crippen molar-refractivity contribution in [1.82, 2.24) is 9.58 Å². The second kappa shape index (κ2) is 5.56. The van der Waals surface area contributed by atoms with E-state index < -0.39 is 0 Å². The summed E-state index contributed by atoms with van der Waals surface area (Å²) in [5.41, 5.74) is 1.71. The van der Waals surface area contributed by atoms with E-state index in [0.29, 0.717) is 6.61 Å². The number of hydrogen-bond acceptors (Lipinski definition) is 4. The smallest absolute Gasteiger partial charge is 0.418 e. The number of carbonyl (C=O) groups excluding carboxylic acids is 1. The van der Waals surface area contributed by atoms with Gasteiger partial charge in [-0.3, -0.25) is 4.57 Å². The summed E-state index contributed by atoms with van der Waals surface area (Å²) in [7, 11) is 3.70. The number of aromatic nitrogens is 1. The fraction of sp³-hybridized carbons (Fsp3) is 0.286. The Hall–Kier alpha value is -2.30. The SMILES string of the molecule is CCOC(=O)n1cc(/C=N/N(C)C)c2ccccc21. The van der Waals surface area contributed by atoms with Gasteiger partial charge >= 0.3 is 6.09 Å². The van der Waals surface area contributed by atoms with Crippen LogP contribution in [0.4, 0.5) is 4.79 Å². The van der Waals surface area contributed by atoms with E-state index >= 15 is 0 Å². The first-order chi connectivity index (χ1) is 9.13. The van der Waals surface area contributed by atoms with Gasteiger partial charge in [0.05, 0.1) is 18.3 Å². The van der Waals surface area contributed by atoms with E-state index in [0.717, 1.165) is 16.5 Å². The third-order valence-electron chi connectivity index (χ3n) is 2.64. The standard InChI is InChI=1S/C14H17N3O2/c1-4-19-14(18)17-10-11(9-15-16(2)3)12-7-5-6-8-13(12)17/h5-10H,4H2,1-3H3/b15-9+. The van der Waals surface area contributed by atoms with Gasteiger partial charge in [-0.25, -0.2) is 4.79 Å². The molecule has 0 bridgehead atoms. The molecule has 0 fully saturated rings. The van der Waals surface area contributed by atoms with Gasteiger partial charge in [-0.1, -0.05) is 18.2 Å². The highest BCUT2D eigenvalue weighted by molar-refractivity contribution is 6.02. The molecule has 19 heavy (non-hydrogen) atoms. The second-order valence-corrected chi connectivity index (χ2v) is 4.26. The molecule has 0 amide bonds. The zero-order valence-corrected chi connectivity index (χ0v) is 11.3. The van der Waals surface area contributed by atoms with Crippen LogP contribution < -0.4 is 0 Å². The molecule has 5 nitrogen and oxygen atoms in total. The van der Waals surface area contributed by atoms with Gasteiger partial charge in [-0.15, -0.1) is 0 Å². The Bertz CT molecular complexity index is 614. The van der Waals surface area contributed by atoms with Gasteiger partial charge in [-0.05, 0) is 13.0 Å². The van der Waals surface area contributed by atoms with Gasteiger partial charge in [0.2, 0.25) is 0 Å². The molecule has 0 unspecified atom stereocenters. The fourth-order valence-electron chi connectivity index (χ4n) is 1.83. The quantitative estimate of drug-likeness (QED) is 0.628. The number of hydrogen-bond donors (Lipinski definition) is 0. The third-order valence-corrected chi connectivity index (χ3v) is 2.64. The minimum absolute atomic E-state index is 0.354. The summed E-state index contributed by atoms with van der Waals surface area (Å²) in [6, 6.07) is 7.68. The van der Waals surface area contributed by atoms with Gasteiger partial charge in [0.1, 0.15) is 0 Å². The van der Waals surface area contributed by atoms with Crippen LogP contribution in [0, 0.1) is 0 Å². The molecule has 0 aliphatic heterocycles. The monoisotopic (exact) mass is 259 g/mol. The molecule has 0 aliphatic rings. The van der Waals surface area contributed by atoms with Crippen molar-refractivity contribution in [2.75, 3.05) is 20.7 Å². The summed E-state index contributed by atoms with van der Waals surface area (Å²) >= 11 is 0. The maximum atomic E-state index is 11.9. The van der Waals surface area contributed by atoms with Gasteiger partial charge < -0.3 is 9.75 Å². The molecule has 0 radical (unpaired) electrons. The van der Waals surface area contributed by atoms with E-state index in [-0.39, 0.29) is 6.09 Å². The molecule has 2 aromatic rings. The molecule has 1 heterocycles. The fourth-order valence-corrected chi connectivity index (χ4v) is 1.83. The molecule has 1 aromatic heterocycles. The second-order valence-electron chi connectivity index (χ2n) is 4.26. The number of carbonyl (C=O) groups is 1. The average Bonchev–Trinajstić information content (AvgIpc) is 2.76. The number of fused-ring (bicyclic) bond motifs is 1. The summed E-state index contributed by atoms with van der Waals surface area (Å²) in [6.45, 7) is 2.14. The molecule has 100 valence electrons. The van der Waals surface area contributed by atoms with Crippen LogP contribution in [0.1, 0.15) is 12.5 Å². The first-order valence-corrected chi connectivity index (χ1v) is 6.12. The highest BCUT2D eigenvalue weighted by Gasteiger charge is 2.12. The van der Waals surface area contributed by atoms with Crippen molar-refractivity contribution in [3.05, 3.63) is 36.0 Å². The van der Waals surface area contributed by atoms with Crippen LogP contribution in [0.25, 0.3) is 10.9 Å². The highest BCUT2D eigenvalue weighted by Crippen LogP contribution is 2.20.